The Kier molecular flexibility index (Phi) is 7.95. The molecule has 4 rings (SSSR count). The standard InChI is InChI=1S/C27H20Br2F2N2O/c28-19-1-3-21(25(30)15-19)23(13-17-5-9-32-10-6-17)27(34)24(14-18-7-11-33-12-8-18)22-4-2-20(29)16-26(22)31/h1-12,15-16,23-24H,13-14H2. The van der Waals surface area contributed by atoms with Crippen LogP contribution in [0.1, 0.15) is 34.1 Å². The summed E-state index contributed by atoms with van der Waals surface area (Å²) in [6.45, 7) is 0. The third kappa shape index (κ3) is 5.83. The van der Waals surface area contributed by atoms with Gasteiger partial charge in [0, 0.05) is 33.7 Å². The van der Waals surface area contributed by atoms with Crippen LogP contribution in [0.3, 0.4) is 0 Å². The lowest BCUT2D eigenvalue weighted by Crippen LogP contribution is -2.26. The second-order valence-corrected chi connectivity index (χ2v) is 9.79. The fourth-order valence-electron chi connectivity index (χ4n) is 4.05. The Bertz CT molecular complexity index is 1190. The number of benzene rings is 2. The lowest BCUT2D eigenvalue weighted by Gasteiger charge is -2.25. The van der Waals surface area contributed by atoms with Gasteiger partial charge in [-0.2, -0.15) is 0 Å². The minimum atomic E-state index is -0.814. The first-order valence-electron chi connectivity index (χ1n) is 10.6. The molecule has 2 unspecified atom stereocenters. The van der Waals surface area contributed by atoms with E-state index in [0.29, 0.717) is 8.95 Å². The Balaban J connectivity index is 1.81. The largest absolute Gasteiger partial charge is 0.298 e. The van der Waals surface area contributed by atoms with Crippen LogP contribution in [0.25, 0.3) is 0 Å². The molecule has 3 nitrogen and oxygen atoms in total. The highest BCUT2D eigenvalue weighted by atomic mass is 79.9. The Labute approximate surface area is 213 Å². The summed E-state index contributed by atoms with van der Waals surface area (Å²) in [4.78, 5) is 22.2. The zero-order valence-electron chi connectivity index (χ0n) is 18.0. The van der Waals surface area contributed by atoms with E-state index in [4.69, 9.17) is 0 Å². The summed E-state index contributed by atoms with van der Waals surface area (Å²) < 4.78 is 31.4. The van der Waals surface area contributed by atoms with Gasteiger partial charge in [-0.1, -0.05) is 44.0 Å². The Hall–Kier alpha value is -2.77. The van der Waals surface area contributed by atoms with Gasteiger partial charge >= 0.3 is 0 Å². The molecule has 34 heavy (non-hydrogen) atoms. The van der Waals surface area contributed by atoms with Crippen LogP contribution < -0.4 is 0 Å². The molecule has 2 aromatic heterocycles. The van der Waals surface area contributed by atoms with Crippen LogP contribution >= 0.6 is 31.9 Å². The van der Waals surface area contributed by atoms with Crippen molar-refractivity contribution < 1.29 is 13.6 Å². The molecule has 0 saturated heterocycles. The molecule has 2 heterocycles. The van der Waals surface area contributed by atoms with Crippen molar-refractivity contribution in [3.63, 3.8) is 0 Å². The smallest absolute Gasteiger partial charge is 0.148 e. The average Bonchev–Trinajstić information content (AvgIpc) is 2.83. The minimum Gasteiger partial charge on any atom is -0.298 e. The molecule has 0 aliphatic carbocycles. The molecular weight excluding hydrogens is 566 g/mol. The highest BCUT2D eigenvalue weighted by Crippen LogP contribution is 2.35. The van der Waals surface area contributed by atoms with Crippen molar-refractivity contribution >= 4 is 37.6 Å². The number of carbonyl (C=O) groups is 1. The topological polar surface area (TPSA) is 42.9 Å². The zero-order valence-corrected chi connectivity index (χ0v) is 21.1. The fraction of sp³-hybridized carbons (Fsp3) is 0.148. The van der Waals surface area contributed by atoms with Gasteiger partial charge in [0.15, 0.2) is 0 Å². The number of nitrogens with zero attached hydrogens (tertiary/aromatic N) is 2. The number of halogens is 4. The molecule has 0 radical (unpaired) electrons. The van der Waals surface area contributed by atoms with E-state index in [9.17, 15) is 4.79 Å². The van der Waals surface area contributed by atoms with E-state index in [1.54, 1.807) is 73.3 Å². The first-order chi connectivity index (χ1) is 16.4. The van der Waals surface area contributed by atoms with Crippen LogP contribution in [0.2, 0.25) is 0 Å². The number of ketones is 1. The van der Waals surface area contributed by atoms with Gasteiger partial charge in [-0.3, -0.25) is 14.8 Å². The summed E-state index contributed by atoms with van der Waals surface area (Å²) in [6.07, 6.45) is 7.08. The number of carbonyl (C=O) groups excluding carboxylic acids is 1. The maximum atomic E-state index is 15.1. The van der Waals surface area contributed by atoms with E-state index in [-0.39, 0.29) is 29.8 Å². The molecule has 0 aliphatic heterocycles. The van der Waals surface area contributed by atoms with E-state index in [1.807, 2.05) is 0 Å². The molecule has 0 aliphatic rings. The van der Waals surface area contributed by atoms with E-state index in [1.165, 1.54) is 12.1 Å². The number of pyridine rings is 2. The van der Waals surface area contributed by atoms with E-state index in [2.05, 4.69) is 41.8 Å². The summed E-state index contributed by atoms with van der Waals surface area (Å²) in [5.41, 5.74) is 2.24. The first-order valence-corrected chi connectivity index (χ1v) is 12.2. The van der Waals surface area contributed by atoms with Gasteiger partial charge in [0.1, 0.15) is 17.4 Å². The van der Waals surface area contributed by atoms with Gasteiger partial charge in [0.25, 0.3) is 0 Å². The van der Waals surface area contributed by atoms with Crippen LogP contribution in [0.5, 0.6) is 0 Å². The number of Topliss-reactive ketones (excluding diaryl/α,β-unsaturated/α-hetero) is 1. The first kappa shape index (κ1) is 24.4. The van der Waals surface area contributed by atoms with Crippen LogP contribution in [-0.2, 0) is 17.6 Å². The van der Waals surface area contributed by atoms with Crippen molar-refractivity contribution in [3.8, 4) is 0 Å². The van der Waals surface area contributed by atoms with Crippen molar-refractivity contribution in [2.24, 2.45) is 0 Å². The van der Waals surface area contributed by atoms with E-state index >= 15 is 8.78 Å². The van der Waals surface area contributed by atoms with E-state index < -0.39 is 23.5 Å². The number of aromatic nitrogens is 2. The van der Waals surface area contributed by atoms with Gasteiger partial charge in [-0.05, 0) is 83.6 Å². The highest BCUT2D eigenvalue weighted by molar-refractivity contribution is 9.10. The molecule has 4 aromatic rings. The molecule has 2 atom stereocenters. The number of hydrogen-bond donors (Lipinski definition) is 0. The molecule has 172 valence electrons. The molecular formula is C27H20Br2F2N2O. The normalized spacial score (nSPS) is 12.8. The van der Waals surface area contributed by atoms with Gasteiger partial charge in [-0.15, -0.1) is 0 Å². The molecule has 0 saturated carbocycles. The SMILES string of the molecule is O=C(C(Cc1ccncc1)c1ccc(Br)cc1F)C(Cc1ccncc1)c1ccc(Br)cc1F. The predicted octanol–water partition coefficient (Wildman–Crippen LogP) is 7.20. The molecule has 2 aromatic carbocycles. The lowest BCUT2D eigenvalue weighted by atomic mass is 9.78. The second kappa shape index (κ2) is 11.1. The zero-order chi connectivity index (χ0) is 24.1. The summed E-state index contributed by atoms with van der Waals surface area (Å²) in [6, 6.07) is 16.6. The van der Waals surface area contributed by atoms with Gasteiger partial charge in [0.2, 0.25) is 0 Å². The van der Waals surface area contributed by atoms with Crippen LogP contribution in [0.4, 0.5) is 8.78 Å². The third-order valence-corrected chi connectivity index (χ3v) is 6.73. The van der Waals surface area contributed by atoms with Gasteiger partial charge < -0.3 is 0 Å². The van der Waals surface area contributed by atoms with Crippen LogP contribution in [0, 0.1) is 11.6 Å². The number of rotatable bonds is 8. The highest BCUT2D eigenvalue weighted by Gasteiger charge is 2.33. The van der Waals surface area contributed by atoms with Gasteiger partial charge in [0.05, 0.1) is 11.8 Å². The second-order valence-electron chi connectivity index (χ2n) is 7.96. The third-order valence-electron chi connectivity index (χ3n) is 5.74. The molecule has 7 heteroatoms. The minimum absolute atomic E-state index is 0.254. The summed E-state index contributed by atoms with van der Waals surface area (Å²) in [5, 5.41) is 0. The Morgan fingerprint density at radius 2 is 1.06 bits per heavy atom. The maximum Gasteiger partial charge on any atom is 0.148 e. The molecule has 0 N–H and O–H groups in total. The Morgan fingerprint density at radius 3 is 1.41 bits per heavy atom. The monoisotopic (exact) mass is 584 g/mol. The van der Waals surface area contributed by atoms with Crippen molar-refractivity contribution in [1.29, 1.82) is 0 Å². The molecule has 0 bridgehead atoms. The molecule has 0 spiro atoms. The van der Waals surface area contributed by atoms with Gasteiger partial charge in [-0.25, -0.2) is 8.78 Å². The van der Waals surface area contributed by atoms with E-state index in [0.717, 1.165) is 11.1 Å². The molecule has 0 amide bonds. The van der Waals surface area contributed by atoms with Crippen LogP contribution in [0.15, 0.2) is 94.4 Å². The summed E-state index contributed by atoms with van der Waals surface area (Å²) in [5.74, 6) is -2.85. The van der Waals surface area contributed by atoms with Crippen molar-refractivity contribution in [2.45, 2.75) is 24.7 Å². The quantitative estimate of drug-likeness (QED) is 0.219. The summed E-state index contributed by atoms with van der Waals surface area (Å²) in [7, 11) is 0. The Morgan fingerprint density at radius 1 is 0.676 bits per heavy atom. The summed E-state index contributed by atoms with van der Waals surface area (Å²) >= 11 is 6.56. The van der Waals surface area contributed by atoms with Crippen LogP contribution in [-0.4, -0.2) is 15.8 Å². The lowest BCUT2D eigenvalue weighted by molar-refractivity contribution is -0.122. The van der Waals surface area contributed by atoms with Crippen molar-refractivity contribution in [3.05, 3.63) is 128 Å². The number of hydrogen-bond acceptors (Lipinski definition) is 3. The predicted molar refractivity (Wildman–Crippen MR) is 135 cm³/mol. The molecule has 0 fully saturated rings. The average molecular weight is 586 g/mol. The van der Waals surface area contributed by atoms with Crippen molar-refractivity contribution in [2.75, 3.05) is 0 Å². The van der Waals surface area contributed by atoms with Crippen molar-refractivity contribution in [1.82, 2.24) is 9.97 Å². The maximum absolute atomic E-state index is 15.1. The fourth-order valence-corrected chi connectivity index (χ4v) is 4.71.